The molecule has 4 heteroatoms. The number of nitrogens with one attached hydrogen (secondary N) is 1. The van der Waals surface area contributed by atoms with Crippen molar-refractivity contribution in [3.05, 3.63) is 32.7 Å². The first kappa shape index (κ1) is 14.2. The summed E-state index contributed by atoms with van der Waals surface area (Å²) in [5, 5.41) is 3.34. The van der Waals surface area contributed by atoms with Gasteiger partial charge in [-0.1, -0.05) is 31.9 Å². The highest BCUT2D eigenvalue weighted by Gasteiger charge is 2.12. The van der Waals surface area contributed by atoms with Crippen molar-refractivity contribution >= 4 is 31.9 Å². The van der Waals surface area contributed by atoms with Gasteiger partial charge in [-0.2, -0.15) is 0 Å². The number of hydrogen-bond donors (Lipinski definition) is 1. The molecule has 0 heterocycles. The van der Waals surface area contributed by atoms with Crippen LogP contribution in [-0.4, -0.2) is 20.8 Å². The minimum Gasteiger partial charge on any atom is -0.385 e. The van der Waals surface area contributed by atoms with E-state index in [-0.39, 0.29) is 0 Å². The molecule has 1 aromatic rings. The van der Waals surface area contributed by atoms with Gasteiger partial charge in [0.2, 0.25) is 0 Å². The van der Waals surface area contributed by atoms with Gasteiger partial charge < -0.3 is 10.1 Å². The van der Waals surface area contributed by atoms with Crippen LogP contribution < -0.4 is 5.32 Å². The van der Waals surface area contributed by atoms with Crippen LogP contribution in [0, 0.1) is 0 Å². The summed E-state index contributed by atoms with van der Waals surface area (Å²) >= 11 is 7.09. The molecule has 0 fully saturated rings. The maximum Gasteiger partial charge on any atom is 0.0462 e. The summed E-state index contributed by atoms with van der Waals surface area (Å²) in [7, 11) is 3.73. The van der Waals surface area contributed by atoms with Crippen molar-refractivity contribution < 1.29 is 4.74 Å². The second-order valence-corrected chi connectivity index (χ2v) is 5.41. The van der Waals surface area contributed by atoms with Crippen molar-refractivity contribution in [2.45, 2.75) is 18.9 Å². The molecule has 2 nitrogen and oxygen atoms in total. The van der Waals surface area contributed by atoms with Crippen LogP contribution in [0.15, 0.2) is 27.1 Å². The van der Waals surface area contributed by atoms with E-state index < -0.39 is 0 Å². The first-order valence-corrected chi connectivity index (χ1v) is 6.88. The number of rotatable bonds is 6. The third-order valence-electron chi connectivity index (χ3n) is 2.52. The molecular weight excluding hydrogens is 334 g/mol. The predicted octanol–water partition coefficient (Wildman–Crippen LogP) is 3.90. The van der Waals surface area contributed by atoms with Crippen LogP contribution in [0.5, 0.6) is 0 Å². The Balaban J connectivity index is 2.73. The van der Waals surface area contributed by atoms with Gasteiger partial charge in [0.05, 0.1) is 0 Å². The molecule has 0 saturated carbocycles. The first-order valence-electron chi connectivity index (χ1n) is 5.30. The van der Waals surface area contributed by atoms with Crippen LogP contribution in [0.4, 0.5) is 0 Å². The fourth-order valence-electron chi connectivity index (χ4n) is 1.67. The van der Waals surface area contributed by atoms with E-state index >= 15 is 0 Å². The Labute approximate surface area is 114 Å². The number of halogens is 2. The lowest BCUT2D eigenvalue weighted by molar-refractivity contribution is 0.189. The smallest absolute Gasteiger partial charge is 0.0462 e. The van der Waals surface area contributed by atoms with Gasteiger partial charge in [0, 0.05) is 28.7 Å². The molecule has 1 N–H and O–H groups in total. The minimum atomic E-state index is 0.363. The molecule has 1 atom stereocenters. The Morgan fingerprint density at radius 2 is 2.12 bits per heavy atom. The molecule has 0 aliphatic heterocycles. The largest absolute Gasteiger partial charge is 0.385 e. The van der Waals surface area contributed by atoms with Crippen molar-refractivity contribution in [2.24, 2.45) is 0 Å². The monoisotopic (exact) mass is 349 g/mol. The number of hydrogen-bond acceptors (Lipinski definition) is 2. The van der Waals surface area contributed by atoms with Crippen LogP contribution in [0.2, 0.25) is 0 Å². The van der Waals surface area contributed by atoms with Gasteiger partial charge in [-0.25, -0.2) is 0 Å². The predicted molar refractivity (Wildman–Crippen MR) is 74.8 cm³/mol. The lowest BCUT2D eigenvalue weighted by Crippen LogP contribution is -2.17. The molecule has 0 amide bonds. The molecule has 0 aliphatic carbocycles. The zero-order valence-corrected chi connectivity index (χ0v) is 12.8. The van der Waals surface area contributed by atoms with E-state index in [4.69, 9.17) is 4.74 Å². The topological polar surface area (TPSA) is 21.3 Å². The maximum absolute atomic E-state index is 5.08. The number of ether oxygens (including phenoxy) is 1. The van der Waals surface area contributed by atoms with Gasteiger partial charge in [0.25, 0.3) is 0 Å². The van der Waals surface area contributed by atoms with Gasteiger partial charge >= 0.3 is 0 Å². The summed E-state index contributed by atoms with van der Waals surface area (Å²) in [6, 6.07) is 6.62. The van der Waals surface area contributed by atoms with Gasteiger partial charge in [-0.3, -0.25) is 0 Å². The van der Waals surface area contributed by atoms with Crippen LogP contribution >= 0.6 is 31.9 Å². The highest BCUT2D eigenvalue weighted by Crippen LogP contribution is 2.29. The molecule has 0 aliphatic rings. The summed E-state index contributed by atoms with van der Waals surface area (Å²) in [6.07, 6.45) is 2.13. The second-order valence-electron chi connectivity index (χ2n) is 3.64. The Morgan fingerprint density at radius 1 is 1.38 bits per heavy atom. The van der Waals surface area contributed by atoms with Crippen molar-refractivity contribution in [3.8, 4) is 0 Å². The van der Waals surface area contributed by atoms with Crippen molar-refractivity contribution in [2.75, 3.05) is 20.8 Å². The van der Waals surface area contributed by atoms with Gasteiger partial charge in [-0.15, -0.1) is 0 Å². The van der Waals surface area contributed by atoms with Crippen LogP contribution in [0.1, 0.15) is 24.4 Å². The van der Waals surface area contributed by atoms with Gasteiger partial charge in [0.15, 0.2) is 0 Å². The number of benzene rings is 1. The summed E-state index contributed by atoms with van der Waals surface area (Å²) in [5.41, 5.74) is 1.29. The van der Waals surface area contributed by atoms with Crippen LogP contribution in [0.3, 0.4) is 0 Å². The normalized spacial score (nSPS) is 12.8. The van der Waals surface area contributed by atoms with Crippen molar-refractivity contribution in [1.29, 1.82) is 0 Å². The van der Waals surface area contributed by atoms with E-state index in [1.807, 2.05) is 13.1 Å². The Morgan fingerprint density at radius 3 is 2.75 bits per heavy atom. The number of methoxy groups -OCH3 is 1. The minimum absolute atomic E-state index is 0.363. The Kier molecular flexibility index (Phi) is 6.58. The third-order valence-corrected chi connectivity index (χ3v) is 3.74. The fourth-order valence-corrected chi connectivity index (χ4v) is 2.57. The van der Waals surface area contributed by atoms with E-state index in [0.717, 1.165) is 28.4 Å². The highest BCUT2D eigenvalue weighted by molar-refractivity contribution is 9.11. The molecule has 90 valence electrons. The molecular formula is C12H17Br2NO. The van der Waals surface area contributed by atoms with E-state index in [9.17, 15) is 0 Å². The Bertz CT molecular complexity index is 331. The quantitative estimate of drug-likeness (QED) is 0.785. The molecule has 1 rings (SSSR count). The highest BCUT2D eigenvalue weighted by atomic mass is 79.9. The average molecular weight is 351 g/mol. The lowest BCUT2D eigenvalue weighted by atomic mass is 10.0. The molecule has 0 radical (unpaired) electrons. The SMILES string of the molecule is CNC(CCCOC)c1cc(Br)ccc1Br. The zero-order chi connectivity index (χ0) is 12.0. The first-order chi connectivity index (χ1) is 7.69. The standard InChI is InChI=1S/C12H17Br2NO/c1-15-12(4-3-7-16-2)10-8-9(13)5-6-11(10)14/h5-6,8,12,15H,3-4,7H2,1-2H3. The van der Waals surface area contributed by atoms with Gasteiger partial charge in [-0.05, 0) is 43.7 Å². The van der Waals surface area contributed by atoms with E-state index in [1.54, 1.807) is 7.11 Å². The van der Waals surface area contributed by atoms with Crippen LogP contribution in [0.25, 0.3) is 0 Å². The third kappa shape index (κ3) is 4.17. The van der Waals surface area contributed by atoms with Gasteiger partial charge in [0.1, 0.15) is 0 Å². The molecule has 1 unspecified atom stereocenters. The second kappa shape index (κ2) is 7.43. The summed E-state index contributed by atoms with van der Waals surface area (Å²) in [6.45, 7) is 0.809. The van der Waals surface area contributed by atoms with Crippen LogP contribution in [-0.2, 0) is 4.74 Å². The average Bonchev–Trinajstić information content (AvgIpc) is 2.28. The zero-order valence-electron chi connectivity index (χ0n) is 9.59. The molecule has 0 bridgehead atoms. The van der Waals surface area contributed by atoms with E-state index in [0.29, 0.717) is 6.04 Å². The lowest BCUT2D eigenvalue weighted by Gasteiger charge is -2.18. The molecule has 0 spiro atoms. The molecule has 0 saturated heterocycles. The molecule has 0 aromatic heterocycles. The van der Waals surface area contributed by atoms with Crippen molar-refractivity contribution in [3.63, 3.8) is 0 Å². The van der Waals surface area contributed by atoms with E-state index in [2.05, 4.69) is 49.3 Å². The molecule has 1 aromatic carbocycles. The maximum atomic E-state index is 5.08. The van der Waals surface area contributed by atoms with E-state index in [1.165, 1.54) is 5.56 Å². The summed E-state index contributed by atoms with van der Waals surface area (Å²) in [4.78, 5) is 0. The Hall–Kier alpha value is 0.1000. The van der Waals surface area contributed by atoms with Crippen molar-refractivity contribution in [1.82, 2.24) is 5.32 Å². The summed E-state index contributed by atoms with van der Waals surface area (Å²) in [5.74, 6) is 0. The fraction of sp³-hybridized carbons (Fsp3) is 0.500. The molecule has 16 heavy (non-hydrogen) atoms. The summed E-state index contributed by atoms with van der Waals surface area (Å²) < 4.78 is 7.33.